The molecule has 3 amide bonds. The summed E-state index contributed by atoms with van der Waals surface area (Å²) in [6.07, 6.45) is 2.94. The summed E-state index contributed by atoms with van der Waals surface area (Å²) in [7, 11) is 0. The third kappa shape index (κ3) is 4.98. The number of carbonyl (C=O) groups excluding carboxylic acids is 3. The quantitative estimate of drug-likeness (QED) is 0.698. The molecule has 8 heteroatoms. The van der Waals surface area contributed by atoms with E-state index in [9.17, 15) is 14.4 Å². The van der Waals surface area contributed by atoms with Gasteiger partial charge in [-0.05, 0) is 49.6 Å². The molecule has 28 heavy (non-hydrogen) atoms. The second-order valence-corrected chi connectivity index (χ2v) is 6.95. The Morgan fingerprint density at radius 2 is 1.93 bits per heavy atom. The van der Waals surface area contributed by atoms with Gasteiger partial charge in [0.25, 0.3) is 11.8 Å². The maximum absolute atomic E-state index is 12.6. The van der Waals surface area contributed by atoms with Crippen LogP contribution in [0.15, 0.2) is 41.0 Å². The second-order valence-electron chi connectivity index (χ2n) is 6.95. The minimum absolute atomic E-state index is 0.0408. The van der Waals surface area contributed by atoms with Gasteiger partial charge in [0.05, 0.1) is 12.8 Å². The van der Waals surface area contributed by atoms with Crippen LogP contribution >= 0.6 is 0 Å². The van der Waals surface area contributed by atoms with Crippen molar-refractivity contribution >= 4 is 23.4 Å². The van der Waals surface area contributed by atoms with Crippen molar-refractivity contribution in [3.05, 3.63) is 53.5 Å². The van der Waals surface area contributed by atoms with Crippen molar-refractivity contribution in [2.75, 3.05) is 25.0 Å². The Morgan fingerprint density at radius 1 is 1.18 bits per heavy atom. The fraction of sp³-hybridized carbons (Fsp3) is 0.350. The lowest BCUT2D eigenvalue weighted by molar-refractivity contribution is -0.119. The van der Waals surface area contributed by atoms with Crippen LogP contribution in [-0.4, -0.2) is 48.3 Å². The fourth-order valence-electron chi connectivity index (χ4n) is 3.21. The van der Waals surface area contributed by atoms with Crippen molar-refractivity contribution < 1.29 is 18.8 Å². The molecule has 0 aliphatic carbocycles. The molecule has 1 aliphatic heterocycles. The van der Waals surface area contributed by atoms with Gasteiger partial charge < -0.3 is 20.8 Å². The zero-order chi connectivity index (χ0) is 20.1. The highest BCUT2D eigenvalue weighted by Crippen LogP contribution is 2.19. The number of anilines is 1. The summed E-state index contributed by atoms with van der Waals surface area (Å²) < 4.78 is 5.09. The van der Waals surface area contributed by atoms with Crippen LogP contribution in [0.3, 0.4) is 0 Å². The molecule has 1 aliphatic rings. The Balaban J connectivity index is 1.60. The summed E-state index contributed by atoms with van der Waals surface area (Å²) >= 11 is 0. The molecule has 0 radical (unpaired) electrons. The number of nitrogens with two attached hydrogens (primary N) is 1. The van der Waals surface area contributed by atoms with Gasteiger partial charge in [-0.3, -0.25) is 19.3 Å². The first-order valence-corrected chi connectivity index (χ1v) is 9.19. The SMILES string of the molecule is Cc1ccc(C(=O)NC2CCN(CC(N)=O)CC2)cc1NC(=O)c1ccco1. The second kappa shape index (κ2) is 8.71. The molecule has 1 aromatic heterocycles. The molecule has 4 N–H and O–H groups in total. The summed E-state index contributed by atoms with van der Waals surface area (Å²) in [5.74, 6) is -0.697. The van der Waals surface area contributed by atoms with Gasteiger partial charge >= 0.3 is 0 Å². The van der Waals surface area contributed by atoms with Crippen LogP contribution < -0.4 is 16.4 Å². The number of piperidine rings is 1. The van der Waals surface area contributed by atoms with Crippen molar-refractivity contribution in [2.24, 2.45) is 5.73 Å². The smallest absolute Gasteiger partial charge is 0.291 e. The zero-order valence-electron chi connectivity index (χ0n) is 15.7. The topological polar surface area (TPSA) is 118 Å². The molecule has 3 rings (SSSR count). The minimum atomic E-state index is -0.368. The van der Waals surface area contributed by atoms with E-state index in [1.54, 1.807) is 30.3 Å². The lowest BCUT2D eigenvalue weighted by Gasteiger charge is -2.31. The summed E-state index contributed by atoms with van der Waals surface area (Å²) in [4.78, 5) is 37.8. The van der Waals surface area contributed by atoms with E-state index < -0.39 is 0 Å². The number of primary amides is 1. The van der Waals surface area contributed by atoms with Crippen molar-refractivity contribution in [2.45, 2.75) is 25.8 Å². The van der Waals surface area contributed by atoms with E-state index in [0.29, 0.717) is 24.3 Å². The summed E-state index contributed by atoms with van der Waals surface area (Å²) in [6, 6.07) is 8.44. The number of rotatable bonds is 6. The maximum Gasteiger partial charge on any atom is 0.291 e. The van der Waals surface area contributed by atoms with Gasteiger partial charge in [-0.1, -0.05) is 6.07 Å². The maximum atomic E-state index is 12.6. The molecule has 0 atom stereocenters. The highest BCUT2D eigenvalue weighted by molar-refractivity contribution is 6.04. The van der Waals surface area contributed by atoms with Crippen LogP contribution in [0, 0.1) is 6.92 Å². The van der Waals surface area contributed by atoms with Crippen molar-refractivity contribution in [1.82, 2.24) is 10.2 Å². The number of carbonyl (C=O) groups is 3. The Bertz CT molecular complexity index is 855. The van der Waals surface area contributed by atoms with E-state index in [0.717, 1.165) is 18.4 Å². The molecule has 2 heterocycles. The Morgan fingerprint density at radius 3 is 2.57 bits per heavy atom. The molecular weight excluding hydrogens is 360 g/mol. The number of nitrogens with one attached hydrogen (secondary N) is 2. The van der Waals surface area contributed by atoms with Gasteiger partial charge in [-0.25, -0.2) is 0 Å². The molecule has 1 saturated heterocycles. The molecule has 1 aromatic carbocycles. The van der Waals surface area contributed by atoms with Gasteiger partial charge in [-0.2, -0.15) is 0 Å². The molecule has 0 bridgehead atoms. The minimum Gasteiger partial charge on any atom is -0.459 e. The van der Waals surface area contributed by atoms with Crippen LogP contribution in [0.5, 0.6) is 0 Å². The fourth-order valence-corrected chi connectivity index (χ4v) is 3.21. The molecule has 8 nitrogen and oxygen atoms in total. The average molecular weight is 384 g/mol. The number of hydrogen-bond donors (Lipinski definition) is 3. The molecule has 1 fully saturated rings. The van der Waals surface area contributed by atoms with Crippen LogP contribution in [0.25, 0.3) is 0 Å². The Hall–Kier alpha value is -3.13. The van der Waals surface area contributed by atoms with Crippen LogP contribution in [-0.2, 0) is 4.79 Å². The van der Waals surface area contributed by atoms with Gasteiger partial charge in [0, 0.05) is 30.4 Å². The molecule has 0 saturated carbocycles. The van der Waals surface area contributed by atoms with Gasteiger partial charge in [0.1, 0.15) is 0 Å². The van der Waals surface area contributed by atoms with E-state index in [1.807, 2.05) is 11.8 Å². The number of likely N-dealkylation sites (tertiary alicyclic amines) is 1. The predicted octanol–water partition coefficient (Wildman–Crippen LogP) is 1.52. The molecular formula is C20H24N4O4. The first-order chi connectivity index (χ1) is 13.4. The third-order valence-corrected chi connectivity index (χ3v) is 4.80. The van der Waals surface area contributed by atoms with E-state index in [1.165, 1.54) is 6.26 Å². The summed E-state index contributed by atoms with van der Waals surface area (Å²) in [6.45, 7) is 3.53. The monoisotopic (exact) mass is 384 g/mol. The van der Waals surface area contributed by atoms with Gasteiger partial charge in [-0.15, -0.1) is 0 Å². The van der Waals surface area contributed by atoms with E-state index in [2.05, 4.69) is 10.6 Å². The van der Waals surface area contributed by atoms with Crippen LogP contribution in [0.4, 0.5) is 5.69 Å². The van der Waals surface area contributed by atoms with Crippen molar-refractivity contribution in [3.63, 3.8) is 0 Å². The number of aryl methyl sites for hydroxylation is 1. The first-order valence-electron chi connectivity index (χ1n) is 9.19. The average Bonchev–Trinajstić information content (AvgIpc) is 3.19. The van der Waals surface area contributed by atoms with Crippen LogP contribution in [0.2, 0.25) is 0 Å². The number of hydrogen-bond acceptors (Lipinski definition) is 5. The van der Waals surface area contributed by atoms with E-state index >= 15 is 0 Å². The molecule has 148 valence electrons. The Kier molecular flexibility index (Phi) is 6.10. The first kappa shape index (κ1) is 19.6. The lowest BCUT2D eigenvalue weighted by atomic mass is 10.0. The predicted molar refractivity (Wildman–Crippen MR) is 104 cm³/mol. The zero-order valence-corrected chi connectivity index (χ0v) is 15.7. The number of nitrogens with zero attached hydrogens (tertiary/aromatic N) is 1. The van der Waals surface area contributed by atoms with Gasteiger partial charge in [0.2, 0.25) is 5.91 Å². The normalized spacial score (nSPS) is 15.2. The lowest BCUT2D eigenvalue weighted by Crippen LogP contribution is -2.46. The molecule has 0 unspecified atom stereocenters. The third-order valence-electron chi connectivity index (χ3n) is 4.80. The standard InChI is InChI=1S/C20H24N4O4/c1-13-4-5-14(11-16(13)23-20(27)17-3-2-10-28-17)19(26)22-15-6-8-24(9-7-15)12-18(21)25/h2-5,10-11,15H,6-9,12H2,1H3,(H2,21,25)(H,22,26)(H,23,27). The largest absolute Gasteiger partial charge is 0.459 e. The van der Waals surface area contributed by atoms with E-state index in [-0.39, 0.29) is 36.1 Å². The highest BCUT2D eigenvalue weighted by Gasteiger charge is 2.22. The Labute approximate surface area is 163 Å². The van der Waals surface area contributed by atoms with Crippen LogP contribution in [0.1, 0.15) is 39.3 Å². The number of benzene rings is 1. The number of furan rings is 1. The molecule has 2 aromatic rings. The highest BCUT2D eigenvalue weighted by atomic mass is 16.3. The van der Waals surface area contributed by atoms with E-state index in [4.69, 9.17) is 10.2 Å². The molecule has 0 spiro atoms. The van der Waals surface area contributed by atoms with Crippen molar-refractivity contribution in [1.29, 1.82) is 0 Å². The van der Waals surface area contributed by atoms with Gasteiger partial charge in [0.15, 0.2) is 5.76 Å². The number of amides is 3. The van der Waals surface area contributed by atoms with Crippen molar-refractivity contribution in [3.8, 4) is 0 Å². The summed E-state index contributed by atoms with van der Waals surface area (Å²) in [5.41, 5.74) is 7.10. The summed E-state index contributed by atoms with van der Waals surface area (Å²) in [5, 5.41) is 5.80.